The van der Waals surface area contributed by atoms with Gasteiger partial charge in [-0.25, -0.2) is 0 Å². The molecule has 90 valence electrons. The Morgan fingerprint density at radius 1 is 1.19 bits per heavy atom. The Morgan fingerprint density at radius 2 is 1.81 bits per heavy atom. The lowest BCUT2D eigenvalue weighted by molar-refractivity contribution is -0.133. The molecule has 3 rings (SSSR count). The van der Waals surface area contributed by atoms with E-state index in [1.807, 2.05) is 11.9 Å². The van der Waals surface area contributed by atoms with E-state index in [0.717, 1.165) is 38.6 Å². The molecule has 0 saturated carbocycles. The van der Waals surface area contributed by atoms with Gasteiger partial charge in [0.15, 0.2) is 0 Å². The molecule has 0 aromatic heterocycles. The number of likely N-dealkylation sites (N-methyl/N-ethyl adjacent to an activating group) is 1. The highest BCUT2D eigenvalue weighted by molar-refractivity contribution is 5.83. The van der Waals surface area contributed by atoms with Crippen LogP contribution in [0, 0.1) is 0 Å². The first kappa shape index (κ1) is 10.5. The molecule has 3 atom stereocenters. The van der Waals surface area contributed by atoms with Crippen molar-refractivity contribution in [3.63, 3.8) is 0 Å². The van der Waals surface area contributed by atoms with Crippen molar-refractivity contribution in [3.05, 3.63) is 0 Å². The number of aliphatic hydroxyl groups excluding tert-OH is 1. The number of carbonyl (C=O) groups excluding carboxylic acids is 1. The summed E-state index contributed by atoms with van der Waals surface area (Å²) in [5, 5.41) is 9.75. The molecule has 0 spiro atoms. The molecule has 1 N–H and O–H groups in total. The summed E-state index contributed by atoms with van der Waals surface area (Å²) in [6.07, 6.45) is 4.89. The van der Waals surface area contributed by atoms with Crippen LogP contribution >= 0.6 is 0 Å². The number of aliphatic hydroxyl groups is 1. The van der Waals surface area contributed by atoms with E-state index in [4.69, 9.17) is 0 Å². The molecule has 3 saturated heterocycles. The summed E-state index contributed by atoms with van der Waals surface area (Å²) >= 11 is 0. The second-order valence-corrected chi connectivity index (χ2v) is 5.52. The summed E-state index contributed by atoms with van der Waals surface area (Å²) in [4.78, 5) is 16.3. The van der Waals surface area contributed by atoms with E-state index in [0.29, 0.717) is 12.1 Å². The van der Waals surface area contributed by atoms with Crippen LogP contribution in [0.3, 0.4) is 0 Å². The molecule has 0 aliphatic carbocycles. The zero-order valence-corrected chi connectivity index (χ0v) is 9.80. The van der Waals surface area contributed by atoms with Gasteiger partial charge in [0.25, 0.3) is 0 Å². The molecule has 3 heterocycles. The molecular formula is C12H20N2O2. The summed E-state index contributed by atoms with van der Waals surface area (Å²) in [5.41, 5.74) is 0. The van der Waals surface area contributed by atoms with Gasteiger partial charge in [-0.3, -0.25) is 9.69 Å². The zero-order chi connectivity index (χ0) is 11.3. The maximum absolute atomic E-state index is 12.0. The fourth-order valence-corrected chi connectivity index (χ4v) is 3.77. The van der Waals surface area contributed by atoms with Crippen LogP contribution < -0.4 is 0 Å². The van der Waals surface area contributed by atoms with Gasteiger partial charge in [-0.1, -0.05) is 0 Å². The summed E-state index contributed by atoms with van der Waals surface area (Å²) in [5.74, 6) is 0.285. The number of hydrogen-bond donors (Lipinski definition) is 1. The molecule has 0 aromatic rings. The number of likely N-dealkylation sites (tertiary alicyclic amines) is 1. The van der Waals surface area contributed by atoms with Crippen LogP contribution in [0.2, 0.25) is 0 Å². The van der Waals surface area contributed by atoms with Crippen LogP contribution in [-0.4, -0.2) is 58.6 Å². The van der Waals surface area contributed by atoms with Gasteiger partial charge in [0.2, 0.25) is 5.91 Å². The predicted octanol–water partition coefficient (Wildman–Crippen LogP) is 0.205. The van der Waals surface area contributed by atoms with Crippen LogP contribution in [0.15, 0.2) is 0 Å². The van der Waals surface area contributed by atoms with E-state index in [9.17, 15) is 9.90 Å². The quantitative estimate of drug-likeness (QED) is 0.692. The van der Waals surface area contributed by atoms with Crippen molar-refractivity contribution in [3.8, 4) is 0 Å². The second kappa shape index (κ2) is 3.70. The van der Waals surface area contributed by atoms with Gasteiger partial charge in [-0.2, -0.15) is 0 Å². The molecule has 3 aliphatic heterocycles. The highest BCUT2D eigenvalue weighted by Crippen LogP contribution is 2.39. The van der Waals surface area contributed by atoms with Crippen molar-refractivity contribution in [2.45, 2.75) is 56.3 Å². The Hall–Kier alpha value is -0.610. The number of carbonyl (C=O) groups is 1. The van der Waals surface area contributed by atoms with Crippen molar-refractivity contribution in [2.75, 3.05) is 13.6 Å². The van der Waals surface area contributed by atoms with Gasteiger partial charge < -0.3 is 10.0 Å². The Morgan fingerprint density at radius 3 is 2.31 bits per heavy atom. The number of rotatable bonds is 1. The molecule has 3 fully saturated rings. The molecule has 0 aromatic carbocycles. The molecule has 4 heteroatoms. The minimum Gasteiger partial charge on any atom is -0.393 e. The Kier molecular flexibility index (Phi) is 2.44. The molecule has 3 unspecified atom stereocenters. The van der Waals surface area contributed by atoms with Gasteiger partial charge >= 0.3 is 0 Å². The third-order valence-corrected chi connectivity index (χ3v) is 4.52. The molecular weight excluding hydrogens is 204 g/mol. The minimum atomic E-state index is -0.136. The fraction of sp³-hybridized carbons (Fsp3) is 0.917. The van der Waals surface area contributed by atoms with Gasteiger partial charge in [-0.05, 0) is 32.1 Å². The maximum Gasteiger partial charge on any atom is 0.239 e. The lowest BCUT2D eigenvalue weighted by atomic mass is 9.97. The molecule has 1 amide bonds. The smallest absolute Gasteiger partial charge is 0.239 e. The van der Waals surface area contributed by atoms with E-state index in [2.05, 4.69) is 4.90 Å². The largest absolute Gasteiger partial charge is 0.393 e. The summed E-state index contributed by atoms with van der Waals surface area (Å²) < 4.78 is 0. The lowest BCUT2D eigenvalue weighted by Crippen LogP contribution is -2.52. The van der Waals surface area contributed by atoms with Crippen molar-refractivity contribution in [1.82, 2.24) is 9.80 Å². The van der Waals surface area contributed by atoms with Gasteiger partial charge in [0.05, 0.1) is 12.1 Å². The van der Waals surface area contributed by atoms with Crippen molar-refractivity contribution < 1.29 is 9.90 Å². The van der Waals surface area contributed by atoms with Crippen molar-refractivity contribution in [2.24, 2.45) is 0 Å². The number of hydrogen-bond acceptors (Lipinski definition) is 3. The van der Waals surface area contributed by atoms with Gasteiger partial charge in [0, 0.05) is 25.7 Å². The van der Waals surface area contributed by atoms with Gasteiger partial charge in [0.1, 0.15) is 0 Å². The number of amides is 1. The Balaban J connectivity index is 1.79. The topological polar surface area (TPSA) is 43.8 Å². The Labute approximate surface area is 96.2 Å². The van der Waals surface area contributed by atoms with Crippen LogP contribution in [0.1, 0.15) is 32.1 Å². The van der Waals surface area contributed by atoms with E-state index in [1.165, 1.54) is 0 Å². The predicted molar refractivity (Wildman–Crippen MR) is 59.9 cm³/mol. The van der Waals surface area contributed by atoms with E-state index in [-0.39, 0.29) is 18.1 Å². The summed E-state index contributed by atoms with van der Waals surface area (Å²) in [7, 11) is 1.89. The molecule has 3 aliphatic rings. The third kappa shape index (κ3) is 1.47. The monoisotopic (exact) mass is 224 g/mol. The molecule has 16 heavy (non-hydrogen) atoms. The Bertz CT molecular complexity index is 293. The van der Waals surface area contributed by atoms with Crippen LogP contribution in [0.25, 0.3) is 0 Å². The van der Waals surface area contributed by atoms with Gasteiger partial charge in [-0.15, -0.1) is 0 Å². The highest BCUT2D eigenvalue weighted by Gasteiger charge is 2.47. The SMILES string of the molecule is CN1CCC(N2C3CCC2CC(O)C3)C1=O. The second-order valence-electron chi connectivity index (χ2n) is 5.52. The number of nitrogens with zero attached hydrogens (tertiary/aromatic N) is 2. The summed E-state index contributed by atoms with van der Waals surface area (Å²) in [6.45, 7) is 0.891. The lowest BCUT2D eigenvalue weighted by Gasteiger charge is -2.40. The zero-order valence-electron chi connectivity index (χ0n) is 9.80. The average molecular weight is 224 g/mol. The fourth-order valence-electron chi connectivity index (χ4n) is 3.77. The summed E-state index contributed by atoms with van der Waals surface area (Å²) in [6, 6.07) is 1.01. The van der Waals surface area contributed by atoms with Crippen molar-refractivity contribution >= 4 is 5.91 Å². The van der Waals surface area contributed by atoms with Crippen molar-refractivity contribution in [1.29, 1.82) is 0 Å². The minimum absolute atomic E-state index is 0.106. The first-order valence-electron chi connectivity index (χ1n) is 6.37. The highest BCUT2D eigenvalue weighted by atomic mass is 16.3. The first-order chi connectivity index (χ1) is 7.66. The first-order valence-corrected chi connectivity index (χ1v) is 6.37. The van der Waals surface area contributed by atoms with E-state index < -0.39 is 0 Å². The molecule has 0 radical (unpaired) electrons. The third-order valence-electron chi connectivity index (χ3n) is 4.52. The number of piperidine rings is 1. The standard InChI is InChI=1S/C12H20N2O2/c1-13-5-4-11(12(13)16)14-8-2-3-9(14)7-10(15)6-8/h8-11,15H,2-7H2,1H3. The maximum atomic E-state index is 12.0. The van der Waals surface area contributed by atoms with E-state index >= 15 is 0 Å². The van der Waals surface area contributed by atoms with E-state index in [1.54, 1.807) is 0 Å². The number of fused-ring (bicyclic) bond motifs is 2. The average Bonchev–Trinajstić information content (AvgIpc) is 2.69. The van der Waals surface area contributed by atoms with Crippen LogP contribution in [-0.2, 0) is 4.79 Å². The van der Waals surface area contributed by atoms with Crippen LogP contribution in [0.5, 0.6) is 0 Å². The molecule has 4 nitrogen and oxygen atoms in total. The molecule has 2 bridgehead atoms. The normalized spacial score (nSPS) is 44.4. The van der Waals surface area contributed by atoms with Crippen LogP contribution in [0.4, 0.5) is 0 Å².